The van der Waals surface area contributed by atoms with E-state index >= 15 is 0 Å². The molecule has 1 spiro atoms. The van der Waals surface area contributed by atoms with E-state index in [0.717, 1.165) is 27.6 Å². The Kier molecular flexibility index (Phi) is 8.63. The Balaban J connectivity index is 1.59. The van der Waals surface area contributed by atoms with Gasteiger partial charge in [0.1, 0.15) is 17.2 Å². The molecule has 2 aromatic heterocycles. The Bertz CT molecular complexity index is 1600. The summed E-state index contributed by atoms with van der Waals surface area (Å²) in [7, 11) is 2.93. The highest BCUT2D eigenvalue weighted by atomic mass is 19.3. The second kappa shape index (κ2) is 11.9. The van der Waals surface area contributed by atoms with Crippen LogP contribution in [-0.4, -0.2) is 64.8 Å². The van der Waals surface area contributed by atoms with Gasteiger partial charge in [0.2, 0.25) is 5.92 Å². The molecule has 45 heavy (non-hydrogen) atoms. The number of methoxy groups -OCH3 is 2. The van der Waals surface area contributed by atoms with E-state index in [1.807, 2.05) is 59.7 Å². The van der Waals surface area contributed by atoms with Crippen molar-refractivity contribution in [3.8, 4) is 5.75 Å². The molecule has 3 heterocycles. The third-order valence-electron chi connectivity index (χ3n) is 8.77. The Morgan fingerprint density at radius 2 is 1.87 bits per heavy atom. The molecule has 1 aromatic carbocycles. The normalized spacial score (nSPS) is 19.4. The molecule has 1 unspecified atom stereocenters. The molecule has 11 heteroatoms. The lowest BCUT2D eigenvalue weighted by molar-refractivity contribution is -0.186. The first-order valence-electron chi connectivity index (χ1n) is 15.4. The number of esters is 1. The second-order valence-electron chi connectivity index (χ2n) is 13.9. The van der Waals surface area contributed by atoms with Gasteiger partial charge in [0.25, 0.3) is 0 Å². The number of alkyl halides is 2. The zero-order valence-corrected chi connectivity index (χ0v) is 27.4. The van der Waals surface area contributed by atoms with E-state index in [1.165, 1.54) is 11.7 Å². The molecule has 244 valence electrons. The Labute approximate surface area is 263 Å². The third-order valence-corrected chi connectivity index (χ3v) is 8.77. The van der Waals surface area contributed by atoms with E-state index < -0.39 is 29.0 Å². The van der Waals surface area contributed by atoms with E-state index in [0.29, 0.717) is 37.5 Å². The molecule has 0 radical (unpaired) electrons. The Morgan fingerprint density at radius 1 is 1.16 bits per heavy atom. The van der Waals surface area contributed by atoms with E-state index in [-0.39, 0.29) is 30.6 Å². The van der Waals surface area contributed by atoms with Crippen LogP contribution in [0.4, 0.5) is 19.4 Å². The fourth-order valence-corrected chi connectivity index (χ4v) is 6.96. The number of aromatic nitrogens is 2. The number of anilines is 1. The van der Waals surface area contributed by atoms with Gasteiger partial charge in [0.05, 0.1) is 19.7 Å². The smallest absolute Gasteiger partial charge is 0.419 e. The van der Waals surface area contributed by atoms with Crippen LogP contribution in [0.1, 0.15) is 93.5 Å². The standard InChI is InChI=1S/C34H44F2N4O5/c1-20(2)37-29-23(9-10-25(38-29)30(41)44-8)26-16-33(18-34(35,36)19-33)12-14-39(26)17-24-22-11-13-40(31(42)45-32(4,5)6)28(22)21(3)15-27(24)43-7/h9-11,13,15,20,26H,12,14,16-19H2,1-8H3,(H,37,38). The number of carbonyl (C=O) groups excluding carboxylic acids is 2. The van der Waals surface area contributed by atoms with Crippen LogP contribution < -0.4 is 10.1 Å². The van der Waals surface area contributed by atoms with Gasteiger partial charge in [0.15, 0.2) is 5.69 Å². The van der Waals surface area contributed by atoms with Gasteiger partial charge in [-0.15, -0.1) is 0 Å². The lowest BCUT2D eigenvalue weighted by atomic mass is 9.59. The SMILES string of the molecule is COC(=O)c1ccc(C2CC3(CCN2Cc2c(OC)cc(C)c4c2ccn4C(=O)OC(C)(C)C)CC(F)(F)C3)c(NC(C)C)n1. The molecule has 0 amide bonds. The molecule has 1 N–H and O–H groups in total. The summed E-state index contributed by atoms with van der Waals surface area (Å²) in [6, 6.07) is 7.04. The molecular formula is C34H44F2N4O5. The van der Waals surface area contributed by atoms with Crippen molar-refractivity contribution in [3.05, 3.63) is 52.8 Å². The van der Waals surface area contributed by atoms with Crippen LogP contribution in [0.15, 0.2) is 30.5 Å². The fourth-order valence-electron chi connectivity index (χ4n) is 6.96. The van der Waals surface area contributed by atoms with Crippen molar-refractivity contribution in [2.45, 2.75) is 97.4 Å². The van der Waals surface area contributed by atoms with Crippen LogP contribution in [0, 0.1) is 12.3 Å². The van der Waals surface area contributed by atoms with Gasteiger partial charge >= 0.3 is 12.1 Å². The number of nitrogens with one attached hydrogen (secondary N) is 1. The maximum absolute atomic E-state index is 14.3. The van der Waals surface area contributed by atoms with Gasteiger partial charge in [-0.3, -0.25) is 9.47 Å². The number of rotatable bonds is 7. The number of pyridine rings is 1. The minimum Gasteiger partial charge on any atom is -0.496 e. The average molecular weight is 627 g/mol. The summed E-state index contributed by atoms with van der Waals surface area (Å²) in [6.07, 6.45) is 2.12. The summed E-state index contributed by atoms with van der Waals surface area (Å²) in [5, 5.41) is 4.23. The van der Waals surface area contributed by atoms with Crippen molar-refractivity contribution in [3.63, 3.8) is 0 Å². The zero-order valence-electron chi connectivity index (χ0n) is 27.4. The first-order valence-corrected chi connectivity index (χ1v) is 15.4. The number of hydrogen-bond donors (Lipinski definition) is 1. The molecule has 1 saturated carbocycles. The van der Waals surface area contributed by atoms with Gasteiger partial charge in [-0.2, -0.15) is 0 Å². The molecule has 5 rings (SSSR count). The van der Waals surface area contributed by atoms with Crippen LogP contribution in [0.25, 0.3) is 10.9 Å². The molecule has 3 aromatic rings. The lowest BCUT2D eigenvalue weighted by Crippen LogP contribution is -2.53. The molecule has 1 aliphatic heterocycles. The summed E-state index contributed by atoms with van der Waals surface area (Å²) in [5.74, 6) is -2.00. The van der Waals surface area contributed by atoms with E-state index in [2.05, 4.69) is 15.2 Å². The number of fused-ring (bicyclic) bond motifs is 1. The van der Waals surface area contributed by atoms with Gasteiger partial charge < -0.3 is 19.5 Å². The van der Waals surface area contributed by atoms with E-state index in [9.17, 15) is 18.4 Å². The summed E-state index contributed by atoms with van der Waals surface area (Å²) in [4.78, 5) is 32.4. The van der Waals surface area contributed by atoms with Crippen LogP contribution in [0.3, 0.4) is 0 Å². The predicted molar refractivity (Wildman–Crippen MR) is 168 cm³/mol. The highest BCUT2D eigenvalue weighted by Crippen LogP contribution is 2.61. The first kappa shape index (κ1) is 32.7. The molecule has 1 atom stereocenters. The number of piperidine rings is 1. The van der Waals surface area contributed by atoms with Crippen molar-refractivity contribution >= 4 is 28.8 Å². The molecule has 0 bridgehead atoms. The van der Waals surface area contributed by atoms with Crippen LogP contribution >= 0.6 is 0 Å². The summed E-state index contributed by atoms with van der Waals surface area (Å²) < 4.78 is 46.6. The maximum atomic E-state index is 14.3. The summed E-state index contributed by atoms with van der Waals surface area (Å²) in [5.41, 5.74) is 2.34. The second-order valence-corrected chi connectivity index (χ2v) is 13.9. The number of benzene rings is 1. The zero-order chi connectivity index (χ0) is 32.9. The van der Waals surface area contributed by atoms with Crippen LogP contribution in [0.2, 0.25) is 0 Å². The average Bonchev–Trinajstić information content (AvgIpc) is 3.39. The number of ether oxygens (including phenoxy) is 3. The van der Waals surface area contributed by atoms with Crippen molar-refractivity contribution in [1.29, 1.82) is 0 Å². The van der Waals surface area contributed by atoms with Crippen LogP contribution in [0.5, 0.6) is 5.75 Å². The lowest BCUT2D eigenvalue weighted by Gasteiger charge is -2.55. The van der Waals surface area contributed by atoms with Crippen LogP contribution in [-0.2, 0) is 16.0 Å². The number of nitrogens with zero attached hydrogens (tertiary/aromatic N) is 3. The predicted octanol–water partition coefficient (Wildman–Crippen LogP) is 7.50. The maximum Gasteiger partial charge on any atom is 0.419 e. The minimum atomic E-state index is -2.66. The van der Waals surface area contributed by atoms with Gasteiger partial charge in [-0.05, 0) is 90.1 Å². The summed E-state index contributed by atoms with van der Waals surface area (Å²) in [6.45, 7) is 12.4. The van der Waals surface area contributed by atoms with Gasteiger partial charge in [-0.25, -0.2) is 23.4 Å². The van der Waals surface area contributed by atoms with E-state index in [1.54, 1.807) is 19.4 Å². The number of likely N-dealkylation sites (tertiary alicyclic amines) is 1. The Morgan fingerprint density at radius 3 is 2.47 bits per heavy atom. The molecule has 9 nitrogen and oxygen atoms in total. The molecular weight excluding hydrogens is 582 g/mol. The number of aryl methyl sites for hydroxylation is 1. The largest absolute Gasteiger partial charge is 0.496 e. The van der Waals surface area contributed by atoms with Crippen molar-refractivity contribution in [2.75, 3.05) is 26.1 Å². The summed E-state index contributed by atoms with van der Waals surface area (Å²) >= 11 is 0. The number of hydrogen-bond acceptors (Lipinski definition) is 8. The topological polar surface area (TPSA) is 94.9 Å². The van der Waals surface area contributed by atoms with Crippen molar-refractivity contribution < 1.29 is 32.6 Å². The molecule has 2 fully saturated rings. The molecule has 1 saturated heterocycles. The number of halogens is 2. The number of carbonyl (C=O) groups is 2. The van der Waals surface area contributed by atoms with E-state index in [4.69, 9.17) is 14.2 Å². The first-order chi connectivity index (χ1) is 21.0. The molecule has 1 aliphatic carbocycles. The van der Waals surface area contributed by atoms with Gasteiger partial charge in [0, 0.05) is 54.2 Å². The third kappa shape index (κ3) is 6.64. The minimum absolute atomic E-state index is 0.00706. The van der Waals surface area contributed by atoms with Crippen molar-refractivity contribution in [1.82, 2.24) is 14.5 Å². The Hall–Kier alpha value is -3.73. The quantitative estimate of drug-likeness (QED) is 0.270. The van der Waals surface area contributed by atoms with Crippen molar-refractivity contribution in [2.24, 2.45) is 5.41 Å². The highest BCUT2D eigenvalue weighted by molar-refractivity contribution is 5.95. The highest BCUT2D eigenvalue weighted by Gasteiger charge is 2.58. The monoisotopic (exact) mass is 626 g/mol. The fraction of sp³-hybridized carbons (Fsp3) is 0.559. The van der Waals surface area contributed by atoms with Gasteiger partial charge in [-0.1, -0.05) is 6.07 Å². The molecule has 2 aliphatic rings.